The summed E-state index contributed by atoms with van der Waals surface area (Å²) in [7, 11) is 0. The van der Waals surface area contributed by atoms with E-state index in [-0.39, 0.29) is 23.7 Å². The second-order valence-electron chi connectivity index (χ2n) is 6.57. The number of hydrogen-bond donors (Lipinski definition) is 1. The first kappa shape index (κ1) is 17.7. The quantitative estimate of drug-likeness (QED) is 0.857. The van der Waals surface area contributed by atoms with Gasteiger partial charge >= 0.3 is 0 Å². The zero-order valence-corrected chi connectivity index (χ0v) is 14.2. The van der Waals surface area contributed by atoms with Gasteiger partial charge in [0.15, 0.2) is 0 Å². The number of likely N-dealkylation sites (tertiary alicyclic amines) is 1. The summed E-state index contributed by atoms with van der Waals surface area (Å²) in [5.74, 6) is -0.394. The van der Waals surface area contributed by atoms with Gasteiger partial charge in [0.1, 0.15) is 5.82 Å². The van der Waals surface area contributed by atoms with Crippen molar-refractivity contribution in [1.82, 2.24) is 10.2 Å². The molecule has 6 heteroatoms. The van der Waals surface area contributed by atoms with E-state index in [9.17, 15) is 14.0 Å². The molecule has 0 aliphatic carbocycles. The molecule has 1 aliphatic heterocycles. The maximum atomic E-state index is 13.2. The number of piperidine rings is 1. The fourth-order valence-corrected chi connectivity index (χ4v) is 2.59. The molecule has 0 unspecified atom stereocenters. The predicted molar refractivity (Wildman–Crippen MR) is 88.0 cm³/mol. The zero-order valence-electron chi connectivity index (χ0n) is 13.4. The number of amides is 2. The minimum Gasteiger partial charge on any atom is -0.353 e. The predicted octanol–water partition coefficient (Wildman–Crippen LogP) is 2.81. The lowest BCUT2D eigenvalue weighted by atomic mass is 9.93. The Labute approximate surface area is 141 Å². The minimum absolute atomic E-state index is 0.0431. The summed E-state index contributed by atoms with van der Waals surface area (Å²) in [5.41, 5.74) is -0.244. The molecule has 0 radical (unpaired) electrons. The molecule has 23 heavy (non-hydrogen) atoms. The molecule has 0 atom stereocenters. The van der Waals surface area contributed by atoms with Crippen molar-refractivity contribution >= 4 is 23.4 Å². The molecule has 1 saturated heterocycles. The molecule has 1 aliphatic rings. The highest BCUT2D eigenvalue weighted by atomic mass is 35.5. The lowest BCUT2D eigenvalue weighted by Gasteiger charge is -2.34. The third-order valence-corrected chi connectivity index (χ3v) is 4.81. The number of rotatable bonds is 4. The van der Waals surface area contributed by atoms with Gasteiger partial charge in [0.05, 0.1) is 5.41 Å². The van der Waals surface area contributed by atoms with Gasteiger partial charge in [-0.05, 0) is 44.9 Å². The molecule has 2 amide bonds. The number of carbonyl (C=O) groups excluding carboxylic acids is 2. The van der Waals surface area contributed by atoms with Crippen LogP contribution in [-0.2, 0) is 4.79 Å². The van der Waals surface area contributed by atoms with Gasteiger partial charge in [-0.2, -0.15) is 0 Å². The second-order valence-corrected chi connectivity index (χ2v) is 6.84. The molecule has 126 valence electrons. The molecule has 1 heterocycles. The van der Waals surface area contributed by atoms with E-state index in [0.29, 0.717) is 31.5 Å². The molecule has 4 nitrogen and oxygen atoms in total. The van der Waals surface area contributed by atoms with Crippen LogP contribution >= 0.6 is 11.6 Å². The van der Waals surface area contributed by atoms with Gasteiger partial charge in [0.25, 0.3) is 5.91 Å². The highest BCUT2D eigenvalue weighted by molar-refractivity contribution is 6.19. The molecule has 1 aromatic rings. The van der Waals surface area contributed by atoms with Crippen LogP contribution in [0.15, 0.2) is 24.3 Å². The smallest absolute Gasteiger partial charge is 0.253 e. The number of carbonyl (C=O) groups is 2. The number of nitrogens with one attached hydrogen (secondary N) is 1. The molecule has 2 rings (SSSR count). The normalized spacial score (nSPS) is 16.3. The summed E-state index contributed by atoms with van der Waals surface area (Å²) in [6, 6.07) is 5.75. The van der Waals surface area contributed by atoms with Crippen molar-refractivity contribution in [2.45, 2.75) is 32.7 Å². The SMILES string of the molecule is CC(C)(CCl)C(=O)NC1CCN(C(=O)c2cccc(F)c2)CC1. The first-order valence-corrected chi connectivity index (χ1v) is 8.29. The fraction of sp³-hybridized carbons (Fsp3) is 0.529. The van der Waals surface area contributed by atoms with Crippen LogP contribution in [0, 0.1) is 11.2 Å². The van der Waals surface area contributed by atoms with Gasteiger partial charge in [-0.3, -0.25) is 9.59 Å². The van der Waals surface area contributed by atoms with E-state index in [1.807, 2.05) is 0 Å². The van der Waals surface area contributed by atoms with E-state index in [4.69, 9.17) is 11.6 Å². The molecule has 1 fully saturated rings. The van der Waals surface area contributed by atoms with Crippen molar-refractivity contribution < 1.29 is 14.0 Å². The van der Waals surface area contributed by atoms with E-state index in [0.717, 1.165) is 0 Å². The molecule has 0 bridgehead atoms. The maximum Gasteiger partial charge on any atom is 0.253 e. The molecule has 1 aromatic carbocycles. The Kier molecular flexibility index (Phi) is 5.63. The Morgan fingerprint density at radius 3 is 2.57 bits per heavy atom. The Morgan fingerprint density at radius 1 is 1.35 bits per heavy atom. The topological polar surface area (TPSA) is 49.4 Å². The number of alkyl halides is 1. The largest absolute Gasteiger partial charge is 0.353 e. The highest BCUT2D eigenvalue weighted by Crippen LogP contribution is 2.20. The Morgan fingerprint density at radius 2 is 2.00 bits per heavy atom. The first-order valence-electron chi connectivity index (χ1n) is 7.75. The van der Waals surface area contributed by atoms with Gasteiger partial charge in [0.2, 0.25) is 5.91 Å². The highest BCUT2D eigenvalue weighted by Gasteiger charge is 2.30. The monoisotopic (exact) mass is 340 g/mol. The molecule has 1 N–H and O–H groups in total. The third kappa shape index (κ3) is 4.44. The average molecular weight is 341 g/mol. The summed E-state index contributed by atoms with van der Waals surface area (Å²) >= 11 is 5.81. The van der Waals surface area contributed by atoms with Crippen LogP contribution in [0.5, 0.6) is 0 Å². The minimum atomic E-state index is -0.601. The Balaban J connectivity index is 1.89. The van der Waals surface area contributed by atoms with Crippen molar-refractivity contribution in [3.05, 3.63) is 35.6 Å². The van der Waals surface area contributed by atoms with Crippen molar-refractivity contribution in [1.29, 1.82) is 0 Å². The molecular formula is C17H22ClFN2O2. The summed E-state index contributed by atoms with van der Waals surface area (Å²) in [4.78, 5) is 26.2. The number of nitrogens with zero attached hydrogens (tertiary/aromatic N) is 1. The lowest BCUT2D eigenvalue weighted by molar-refractivity contribution is -0.129. The van der Waals surface area contributed by atoms with Crippen LogP contribution in [-0.4, -0.2) is 41.7 Å². The van der Waals surface area contributed by atoms with Gasteiger partial charge in [-0.25, -0.2) is 4.39 Å². The van der Waals surface area contributed by atoms with Crippen LogP contribution < -0.4 is 5.32 Å². The summed E-state index contributed by atoms with van der Waals surface area (Å²) < 4.78 is 13.2. The fourth-order valence-electron chi connectivity index (χ4n) is 2.47. The van der Waals surface area contributed by atoms with Crippen molar-refractivity contribution in [2.75, 3.05) is 19.0 Å². The van der Waals surface area contributed by atoms with Crippen LogP contribution in [0.3, 0.4) is 0 Å². The second kappa shape index (κ2) is 7.30. The number of hydrogen-bond acceptors (Lipinski definition) is 2. The van der Waals surface area contributed by atoms with E-state index < -0.39 is 11.2 Å². The van der Waals surface area contributed by atoms with Gasteiger partial charge < -0.3 is 10.2 Å². The van der Waals surface area contributed by atoms with Crippen LogP contribution in [0.1, 0.15) is 37.0 Å². The molecule has 0 aromatic heterocycles. The van der Waals surface area contributed by atoms with Crippen molar-refractivity contribution in [3.63, 3.8) is 0 Å². The van der Waals surface area contributed by atoms with Gasteiger partial charge in [-0.15, -0.1) is 11.6 Å². The van der Waals surface area contributed by atoms with Gasteiger partial charge in [-0.1, -0.05) is 6.07 Å². The van der Waals surface area contributed by atoms with Crippen LogP contribution in [0.2, 0.25) is 0 Å². The summed E-state index contributed by atoms with van der Waals surface area (Å²) in [6.07, 6.45) is 1.37. The van der Waals surface area contributed by atoms with Crippen LogP contribution in [0.25, 0.3) is 0 Å². The molecule has 0 spiro atoms. The average Bonchev–Trinajstić information content (AvgIpc) is 2.54. The van der Waals surface area contributed by atoms with Gasteiger partial charge in [0, 0.05) is 30.6 Å². The summed E-state index contributed by atoms with van der Waals surface area (Å²) in [5, 5.41) is 3.00. The Hall–Kier alpha value is -1.62. The first-order chi connectivity index (χ1) is 10.8. The standard InChI is InChI=1S/C17H22ClFN2O2/c1-17(2,11-18)16(23)20-14-6-8-21(9-7-14)15(22)12-4-3-5-13(19)10-12/h3-5,10,14H,6-9,11H2,1-2H3,(H,20,23). The molecular weight excluding hydrogens is 319 g/mol. The third-order valence-electron chi connectivity index (χ3n) is 4.14. The van der Waals surface area contributed by atoms with E-state index in [2.05, 4.69) is 5.32 Å². The van der Waals surface area contributed by atoms with E-state index >= 15 is 0 Å². The summed E-state index contributed by atoms with van der Waals surface area (Å²) in [6.45, 7) is 4.69. The zero-order chi connectivity index (χ0) is 17.0. The van der Waals surface area contributed by atoms with Crippen molar-refractivity contribution in [2.24, 2.45) is 5.41 Å². The number of benzene rings is 1. The van der Waals surface area contributed by atoms with E-state index in [1.165, 1.54) is 18.2 Å². The lowest BCUT2D eigenvalue weighted by Crippen LogP contribution is -2.49. The van der Waals surface area contributed by atoms with Crippen LogP contribution in [0.4, 0.5) is 4.39 Å². The van der Waals surface area contributed by atoms with E-state index in [1.54, 1.807) is 24.8 Å². The number of halogens is 2. The Bertz CT molecular complexity index is 584. The van der Waals surface area contributed by atoms with Crippen molar-refractivity contribution in [3.8, 4) is 0 Å². The molecule has 0 saturated carbocycles. The maximum absolute atomic E-state index is 13.2.